The number of quaternary nitrogens is 1. The van der Waals surface area contributed by atoms with Gasteiger partial charge in [0.2, 0.25) is 5.91 Å². The second-order valence-electron chi connectivity index (χ2n) is 25.7. The Labute approximate surface area is 521 Å². The molecule has 0 aromatic heterocycles. The number of nitrogens with zero attached hydrogens (tertiary/aromatic N) is 1. The topological polar surface area (TPSA) is 114 Å². The number of phosphoric acid groups is 1. The molecule has 492 valence electrons. The van der Waals surface area contributed by atoms with Crippen molar-refractivity contribution in [3.05, 3.63) is 60.8 Å². The van der Waals surface area contributed by atoms with Crippen LogP contribution in [-0.2, 0) is 27.9 Å². The first-order valence-electron chi connectivity index (χ1n) is 36.1. The summed E-state index contributed by atoms with van der Waals surface area (Å²) in [6.07, 6.45) is 82.0. The highest BCUT2D eigenvalue weighted by Gasteiger charge is 2.27. The SMILES string of the molecule is CCCCC/C=C\C/C=C\CCCCCCCCCCCCCCCC(=O)NC(COP(=O)([O-])OCC[N+](C)(C)C)C(/C=C/CCCCCCCCCCCC)OC(=O)CCCCCCCCCCCCCCC/C=C\C/C=C\CCCCC. The maximum atomic E-state index is 13.6. The predicted molar refractivity (Wildman–Crippen MR) is 362 cm³/mol. The van der Waals surface area contributed by atoms with Crippen LogP contribution in [-0.4, -0.2) is 69.4 Å². The van der Waals surface area contributed by atoms with Crippen molar-refractivity contribution < 1.29 is 37.3 Å². The van der Waals surface area contributed by atoms with E-state index in [1.54, 1.807) is 0 Å². The van der Waals surface area contributed by atoms with E-state index in [-0.39, 0.29) is 31.5 Å². The number of carbonyl (C=O) groups is 2. The number of phosphoric ester groups is 1. The average molecular weight is 1200 g/mol. The normalized spacial score (nSPS) is 13.8. The van der Waals surface area contributed by atoms with E-state index in [0.717, 1.165) is 70.6 Å². The molecule has 3 unspecified atom stereocenters. The van der Waals surface area contributed by atoms with Crippen molar-refractivity contribution in [3.8, 4) is 0 Å². The molecule has 84 heavy (non-hydrogen) atoms. The number of rotatable bonds is 66. The summed E-state index contributed by atoms with van der Waals surface area (Å²) in [7, 11) is 1.19. The lowest BCUT2D eigenvalue weighted by Gasteiger charge is -2.30. The number of esters is 1. The summed E-state index contributed by atoms with van der Waals surface area (Å²) in [5.74, 6) is -0.529. The largest absolute Gasteiger partial charge is 0.756 e. The fourth-order valence-corrected chi connectivity index (χ4v) is 11.3. The lowest BCUT2D eigenvalue weighted by atomic mass is 10.0. The van der Waals surface area contributed by atoms with Crippen LogP contribution in [0.5, 0.6) is 0 Å². The number of ether oxygens (including phenoxy) is 1. The smallest absolute Gasteiger partial charge is 0.306 e. The summed E-state index contributed by atoms with van der Waals surface area (Å²) >= 11 is 0. The Morgan fingerprint density at radius 1 is 0.417 bits per heavy atom. The van der Waals surface area contributed by atoms with Crippen LogP contribution in [0.15, 0.2) is 60.8 Å². The standard InChI is InChI=1S/C74H139N2O7P/c1-7-10-13-16-19-22-25-28-30-32-34-36-38-40-42-44-46-48-51-54-57-60-63-66-73(77)75-71(70-82-84(79,80)81-69-68-76(4,5)6)72(65-62-59-56-53-50-27-24-21-18-15-12-9-3)83-74(78)67-64-61-58-55-52-49-47-45-43-41-39-37-35-33-31-29-26-23-20-17-14-11-8-2/h19-20,22-23,28-31,62,65,71-72H,7-18,21,24-27,32-61,63-64,66-70H2,1-6H3,(H-,75,77,79,80)/b22-19-,23-20-,30-28-,31-29-,65-62+. The molecule has 1 N–H and O–H groups in total. The van der Waals surface area contributed by atoms with E-state index in [1.165, 1.54) is 244 Å². The minimum Gasteiger partial charge on any atom is -0.756 e. The van der Waals surface area contributed by atoms with Gasteiger partial charge in [-0.3, -0.25) is 14.2 Å². The molecule has 0 aliphatic heterocycles. The van der Waals surface area contributed by atoms with Gasteiger partial charge in [0.05, 0.1) is 33.8 Å². The Hall–Kier alpha value is -2.29. The fourth-order valence-electron chi connectivity index (χ4n) is 10.6. The first-order chi connectivity index (χ1) is 40.9. The van der Waals surface area contributed by atoms with Gasteiger partial charge >= 0.3 is 5.97 Å². The summed E-state index contributed by atoms with van der Waals surface area (Å²) in [6.45, 7) is 6.84. The summed E-state index contributed by atoms with van der Waals surface area (Å²) in [5.41, 5.74) is 0. The van der Waals surface area contributed by atoms with Crippen molar-refractivity contribution in [3.63, 3.8) is 0 Å². The number of carbonyl (C=O) groups excluding carboxylic acids is 2. The number of nitrogens with one attached hydrogen (secondary N) is 1. The Balaban J connectivity index is 5.04. The van der Waals surface area contributed by atoms with E-state index in [1.807, 2.05) is 33.3 Å². The third-order valence-electron chi connectivity index (χ3n) is 16.2. The minimum atomic E-state index is -4.70. The summed E-state index contributed by atoms with van der Waals surface area (Å²) in [4.78, 5) is 40.2. The third kappa shape index (κ3) is 64.2. The number of amides is 1. The van der Waals surface area contributed by atoms with Crippen molar-refractivity contribution in [2.75, 3.05) is 40.9 Å². The quantitative estimate of drug-likeness (QED) is 0.0212. The number of unbranched alkanes of at least 4 members (excludes halogenated alkanes) is 42. The second kappa shape index (κ2) is 63.7. The predicted octanol–water partition coefficient (Wildman–Crippen LogP) is 22.3. The van der Waals surface area contributed by atoms with Crippen molar-refractivity contribution in [1.29, 1.82) is 0 Å². The number of allylic oxidation sites excluding steroid dienone is 9. The molecule has 0 aromatic rings. The van der Waals surface area contributed by atoms with Gasteiger partial charge in [0.25, 0.3) is 7.82 Å². The average Bonchev–Trinajstić information content (AvgIpc) is 3.64. The molecular formula is C74H139N2O7P. The summed E-state index contributed by atoms with van der Waals surface area (Å²) < 4.78 is 30.5. The zero-order valence-corrected chi connectivity index (χ0v) is 57.3. The van der Waals surface area contributed by atoms with Gasteiger partial charge in [-0.05, 0) is 96.0 Å². The minimum absolute atomic E-state index is 0.0221. The van der Waals surface area contributed by atoms with Crippen LogP contribution in [0.2, 0.25) is 0 Å². The zero-order chi connectivity index (χ0) is 61.4. The highest BCUT2D eigenvalue weighted by molar-refractivity contribution is 7.45. The van der Waals surface area contributed by atoms with Crippen molar-refractivity contribution in [1.82, 2.24) is 5.32 Å². The molecule has 0 aliphatic carbocycles. The second-order valence-corrected chi connectivity index (χ2v) is 27.1. The van der Waals surface area contributed by atoms with Gasteiger partial charge < -0.3 is 28.5 Å². The molecule has 0 bridgehead atoms. The Morgan fingerprint density at radius 3 is 1.10 bits per heavy atom. The van der Waals surface area contributed by atoms with E-state index >= 15 is 0 Å². The fraction of sp³-hybridized carbons (Fsp3) is 0.838. The van der Waals surface area contributed by atoms with Gasteiger partial charge in [-0.25, -0.2) is 0 Å². The molecule has 0 saturated heterocycles. The van der Waals surface area contributed by atoms with Crippen LogP contribution in [0.4, 0.5) is 0 Å². The van der Waals surface area contributed by atoms with Crippen molar-refractivity contribution in [2.24, 2.45) is 0 Å². The molecule has 0 spiro atoms. The molecule has 0 heterocycles. The van der Waals surface area contributed by atoms with Gasteiger partial charge in [-0.2, -0.15) is 0 Å². The van der Waals surface area contributed by atoms with Crippen LogP contribution < -0.4 is 10.2 Å². The maximum absolute atomic E-state index is 13.6. The van der Waals surface area contributed by atoms with E-state index in [2.05, 4.69) is 74.7 Å². The van der Waals surface area contributed by atoms with Gasteiger partial charge in [-0.15, -0.1) is 0 Å². The number of hydrogen-bond acceptors (Lipinski definition) is 7. The summed E-state index contributed by atoms with van der Waals surface area (Å²) in [5, 5.41) is 3.05. The molecule has 1 amide bonds. The molecule has 9 nitrogen and oxygen atoms in total. The molecule has 10 heteroatoms. The monoisotopic (exact) mass is 1200 g/mol. The molecule has 0 radical (unpaired) electrons. The van der Waals surface area contributed by atoms with E-state index in [4.69, 9.17) is 13.8 Å². The molecule has 3 atom stereocenters. The van der Waals surface area contributed by atoms with Crippen LogP contribution >= 0.6 is 7.82 Å². The van der Waals surface area contributed by atoms with Crippen LogP contribution in [0.3, 0.4) is 0 Å². The summed E-state index contributed by atoms with van der Waals surface area (Å²) in [6, 6.07) is -0.890. The Kier molecular flexibility index (Phi) is 62.0. The van der Waals surface area contributed by atoms with Gasteiger partial charge in [0.15, 0.2) is 0 Å². The number of likely N-dealkylation sites (N-methyl/N-ethyl adjacent to an activating group) is 1. The van der Waals surface area contributed by atoms with Crippen LogP contribution in [0.1, 0.15) is 348 Å². The highest BCUT2D eigenvalue weighted by atomic mass is 31.2. The first-order valence-corrected chi connectivity index (χ1v) is 37.6. The first kappa shape index (κ1) is 81.7. The lowest BCUT2D eigenvalue weighted by molar-refractivity contribution is -0.870. The molecule has 0 rings (SSSR count). The third-order valence-corrected chi connectivity index (χ3v) is 17.1. The van der Waals surface area contributed by atoms with Crippen LogP contribution in [0.25, 0.3) is 0 Å². The van der Waals surface area contributed by atoms with Gasteiger partial charge in [-0.1, -0.05) is 300 Å². The molecular weight excluding hydrogens is 1060 g/mol. The number of hydrogen-bond donors (Lipinski definition) is 1. The maximum Gasteiger partial charge on any atom is 0.306 e. The highest BCUT2D eigenvalue weighted by Crippen LogP contribution is 2.38. The van der Waals surface area contributed by atoms with Gasteiger partial charge in [0, 0.05) is 12.8 Å². The lowest BCUT2D eigenvalue weighted by Crippen LogP contribution is -2.47. The van der Waals surface area contributed by atoms with E-state index < -0.39 is 20.0 Å². The van der Waals surface area contributed by atoms with Crippen molar-refractivity contribution >= 4 is 19.7 Å². The van der Waals surface area contributed by atoms with E-state index in [9.17, 15) is 19.0 Å². The van der Waals surface area contributed by atoms with Crippen molar-refractivity contribution in [2.45, 2.75) is 360 Å². The molecule has 0 aromatic carbocycles. The molecule has 0 aliphatic rings. The molecule has 0 saturated carbocycles. The van der Waals surface area contributed by atoms with E-state index in [0.29, 0.717) is 17.4 Å². The zero-order valence-electron chi connectivity index (χ0n) is 56.4. The van der Waals surface area contributed by atoms with Crippen LogP contribution in [0, 0.1) is 0 Å². The van der Waals surface area contributed by atoms with Gasteiger partial charge in [0.1, 0.15) is 19.3 Å². The Morgan fingerprint density at radius 2 is 0.726 bits per heavy atom. The molecule has 0 fully saturated rings. The Bertz CT molecular complexity index is 1620.